The van der Waals surface area contributed by atoms with Crippen molar-refractivity contribution >= 4 is 34.6 Å². The predicted octanol–water partition coefficient (Wildman–Crippen LogP) is 1.95. The average molecular weight is 557 g/mol. The van der Waals surface area contributed by atoms with Gasteiger partial charge in [0, 0.05) is 29.8 Å². The molecule has 218 valence electrons. The molecular formula is C29H40N4O7. The Morgan fingerprint density at radius 2 is 1.85 bits per heavy atom. The molecule has 3 aliphatic rings. The maximum Gasteiger partial charge on any atom is 0.255 e. The molecule has 40 heavy (non-hydrogen) atoms. The summed E-state index contributed by atoms with van der Waals surface area (Å²) in [6, 6.07) is 0.682. The number of aromatic hydroxyl groups is 1. The molecule has 1 saturated carbocycles. The van der Waals surface area contributed by atoms with Gasteiger partial charge < -0.3 is 36.8 Å². The Bertz CT molecular complexity index is 1330. The van der Waals surface area contributed by atoms with Gasteiger partial charge in [-0.1, -0.05) is 20.3 Å². The van der Waals surface area contributed by atoms with Crippen LogP contribution in [0.3, 0.4) is 0 Å². The number of likely N-dealkylation sites (N-methyl/N-ethyl adjacent to an activating group) is 1. The third kappa shape index (κ3) is 4.14. The first-order chi connectivity index (χ1) is 18.7. The number of aliphatic hydroxyl groups is 3. The van der Waals surface area contributed by atoms with Crippen LogP contribution in [0.2, 0.25) is 0 Å². The third-order valence-electron chi connectivity index (χ3n) is 8.91. The molecule has 4 rings (SSSR count). The number of nitrogens with zero attached hydrogens (tertiary/aromatic N) is 2. The fourth-order valence-corrected chi connectivity index (χ4v) is 6.70. The molecule has 0 aromatic heterocycles. The first-order valence-corrected chi connectivity index (χ1v) is 13.8. The van der Waals surface area contributed by atoms with E-state index in [2.05, 4.69) is 25.7 Å². The molecule has 3 unspecified atom stereocenters. The highest BCUT2D eigenvalue weighted by atomic mass is 16.3. The molecule has 8 N–H and O–H groups in total. The van der Waals surface area contributed by atoms with Gasteiger partial charge in [-0.15, -0.1) is 0 Å². The van der Waals surface area contributed by atoms with E-state index in [4.69, 9.17) is 11.5 Å². The number of nitrogen functional groups attached to an aromatic ring is 1. The number of amides is 1. The van der Waals surface area contributed by atoms with Crippen LogP contribution in [0.25, 0.3) is 5.76 Å². The van der Waals surface area contributed by atoms with E-state index in [0.29, 0.717) is 5.56 Å². The molecule has 1 fully saturated rings. The highest BCUT2D eigenvalue weighted by molar-refractivity contribution is 6.24. The number of aliphatic hydroxyl groups excluding tert-OH is 2. The summed E-state index contributed by atoms with van der Waals surface area (Å²) in [6.07, 6.45) is 2.96. The molecule has 5 atom stereocenters. The summed E-state index contributed by atoms with van der Waals surface area (Å²) in [5.41, 5.74) is 9.28. The highest BCUT2D eigenvalue weighted by Gasteiger charge is 2.64. The van der Waals surface area contributed by atoms with Crippen molar-refractivity contribution in [2.45, 2.75) is 70.6 Å². The summed E-state index contributed by atoms with van der Waals surface area (Å²) in [5, 5.41) is 45.3. The number of ketones is 2. The number of primary amides is 1. The Labute approximate surface area is 233 Å². The second kappa shape index (κ2) is 10.4. The SMILES string of the molecule is CCCCN(c1cc(N)c(O)c2c1CC1CC3[C@H](N(C)C)C(=O)C(C(N)=O)=C(O)[C@@]3(O)C(=O)C1=C2O)C(C)CC. The molecule has 0 aliphatic heterocycles. The number of Topliss-reactive ketones (excluding diaryl/α,β-unsaturated/α-hetero) is 2. The van der Waals surface area contributed by atoms with E-state index in [1.165, 1.54) is 4.90 Å². The lowest BCUT2D eigenvalue weighted by molar-refractivity contribution is -0.153. The average Bonchev–Trinajstić information content (AvgIpc) is 2.88. The van der Waals surface area contributed by atoms with Crippen LogP contribution in [0.4, 0.5) is 11.4 Å². The third-order valence-corrected chi connectivity index (χ3v) is 8.91. The number of benzene rings is 1. The van der Waals surface area contributed by atoms with Gasteiger partial charge in [0.15, 0.2) is 11.4 Å². The number of rotatable bonds is 8. The number of unbranched alkanes of at least 4 members (excludes halogenated alkanes) is 1. The van der Waals surface area contributed by atoms with Crippen molar-refractivity contribution in [2.24, 2.45) is 17.6 Å². The maximum absolute atomic E-state index is 14.0. The van der Waals surface area contributed by atoms with E-state index < -0.39 is 58.0 Å². The van der Waals surface area contributed by atoms with E-state index in [0.717, 1.165) is 31.5 Å². The van der Waals surface area contributed by atoms with Crippen molar-refractivity contribution < 1.29 is 34.8 Å². The van der Waals surface area contributed by atoms with Crippen LogP contribution in [0.5, 0.6) is 5.75 Å². The summed E-state index contributed by atoms with van der Waals surface area (Å²) < 4.78 is 0. The molecule has 1 aromatic carbocycles. The van der Waals surface area contributed by atoms with Gasteiger partial charge in [-0.25, -0.2) is 0 Å². The quantitative estimate of drug-likeness (QED) is 0.157. The number of carbonyl (C=O) groups excluding carboxylic acids is 3. The minimum absolute atomic E-state index is 0.0103. The van der Waals surface area contributed by atoms with Gasteiger partial charge >= 0.3 is 0 Å². The van der Waals surface area contributed by atoms with Crippen molar-refractivity contribution in [3.05, 3.63) is 34.1 Å². The van der Waals surface area contributed by atoms with E-state index >= 15 is 0 Å². The first-order valence-electron chi connectivity index (χ1n) is 13.8. The van der Waals surface area contributed by atoms with E-state index in [9.17, 15) is 34.8 Å². The molecule has 1 amide bonds. The Morgan fingerprint density at radius 3 is 2.40 bits per heavy atom. The van der Waals surface area contributed by atoms with Crippen LogP contribution in [-0.2, 0) is 20.8 Å². The van der Waals surface area contributed by atoms with Gasteiger partial charge in [0.25, 0.3) is 5.91 Å². The molecular weight excluding hydrogens is 516 g/mol. The van der Waals surface area contributed by atoms with Gasteiger partial charge in [-0.2, -0.15) is 0 Å². The number of hydrogen-bond donors (Lipinski definition) is 6. The summed E-state index contributed by atoms with van der Waals surface area (Å²) in [5.74, 6) is -6.88. The summed E-state index contributed by atoms with van der Waals surface area (Å²) in [7, 11) is 3.15. The Hall–Kier alpha value is -3.57. The van der Waals surface area contributed by atoms with Gasteiger partial charge in [0.2, 0.25) is 5.78 Å². The minimum Gasteiger partial charge on any atom is -0.508 e. The summed E-state index contributed by atoms with van der Waals surface area (Å²) in [4.78, 5) is 43.1. The van der Waals surface area contributed by atoms with Crippen LogP contribution in [0.15, 0.2) is 23.0 Å². The molecule has 0 radical (unpaired) electrons. The highest BCUT2D eigenvalue weighted by Crippen LogP contribution is 2.54. The van der Waals surface area contributed by atoms with Gasteiger partial charge in [-0.3, -0.25) is 19.3 Å². The van der Waals surface area contributed by atoms with E-state index in [-0.39, 0.29) is 41.5 Å². The number of hydrogen-bond acceptors (Lipinski definition) is 10. The first kappa shape index (κ1) is 29.4. The van der Waals surface area contributed by atoms with Crippen molar-refractivity contribution in [2.75, 3.05) is 31.3 Å². The van der Waals surface area contributed by atoms with Crippen molar-refractivity contribution in [1.29, 1.82) is 0 Å². The lowest BCUT2D eigenvalue weighted by Crippen LogP contribution is -2.65. The topological polar surface area (TPSA) is 191 Å². The molecule has 3 aliphatic carbocycles. The number of fused-ring (bicyclic) bond motifs is 3. The van der Waals surface area contributed by atoms with Crippen LogP contribution in [0, 0.1) is 11.8 Å². The largest absolute Gasteiger partial charge is 0.508 e. The summed E-state index contributed by atoms with van der Waals surface area (Å²) >= 11 is 0. The molecule has 11 nitrogen and oxygen atoms in total. The lowest BCUT2D eigenvalue weighted by Gasteiger charge is -2.50. The van der Waals surface area contributed by atoms with Gasteiger partial charge in [0.05, 0.1) is 17.3 Å². The molecule has 0 bridgehead atoms. The Kier molecular flexibility index (Phi) is 7.68. The second-order valence-electron chi connectivity index (χ2n) is 11.5. The fraction of sp³-hybridized carbons (Fsp3) is 0.552. The van der Waals surface area contributed by atoms with Crippen LogP contribution in [0.1, 0.15) is 57.6 Å². The zero-order chi connectivity index (χ0) is 29.8. The number of anilines is 2. The Balaban J connectivity index is 1.97. The molecule has 1 aromatic rings. The van der Waals surface area contributed by atoms with Gasteiger partial charge in [-0.05, 0) is 64.3 Å². The zero-order valence-electron chi connectivity index (χ0n) is 23.7. The molecule has 11 heteroatoms. The minimum atomic E-state index is -2.67. The molecule has 0 saturated heterocycles. The number of phenolic OH excluding ortho intramolecular Hbond substituents is 1. The van der Waals surface area contributed by atoms with Gasteiger partial charge in [0.1, 0.15) is 22.8 Å². The maximum atomic E-state index is 14.0. The normalized spacial score (nSPS) is 26.9. The van der Waals surface area contributed by atoms with Crippen molar-refractivity contribution in [3.8, 4) is 5.75 Å². The lowest BCUT2D eigenvalue weighted by atomic mass is 9.57. The van der Waals surface area contributed by atoms with Crippen molar-refractivity contribution in [1.82, 2.24) is 4.90 Å². The number of phenols is 1. The number of carbonyl (C=O) groups is 3. The van der Waals surface area contributed by atoms with Crippen molar-refractivity contribution in [3.63, 3.8) is 0 Å². The Morgan fingerprint density at radius 1 is 1.20 bits per heavy atom. The standard InChI is InChI=1S/C29H40N4O7/c1-6-8-9-33(13(3)7-2)18-12-17(30)23(34)20-15(18)10-14-11-16-22(32(4)5)25(36)21(28(31)39)27(38)29(16,40)26(37)19(14)24(20)35/h12-14,16,22,34-35,38,40H,6-11,30H2,1-5H3,(H2,31,39)/t13?,14?,16?,22-,29-/m0/s1. The molecule has 0 spiro atoms. The second-order valence-corrected chi connectivity index (χ2v) is 11.5. The number of nitrogens with two attached hydrogens (primary N) is 2. The van der Waals surface area contributed by atoms with Crippen LogP contribution >= 0.6 is 0 Å². The van der Waals surface area contributed by atoms with E-state index in [1.807, 2.05) is 0 Å². The molecule has 0 heterocycles. The predicted molar refractivity (Wildman–Crippen MR) is 151 cm³/mol. The fourth-order valence-electron chi connectivity index (χ4n) is 6.70. The van der Waals surface area contributed by atoms with Crippen LogP contribution < -0.4 is 16.4 Å². The van der Waals surface area contributed by atoms with Crippen LogP contribution in [-0.4, -0.2) is 81.1 Å². The smallest absolute Gasteiger partial charge is 0.255 e. The summed E-state index contributed by atoms with van der Waals surface area (Å²) in [6.45, 7) is 6.96. The van der Waals surface area contributed by atoms with E-state index in [1.54, 1.807) is 20.2 Å². The zero-order valence-corrected chi connectivity index (χ0v) is 23.7. The monoisotopic (exact) mass is 556 g/mol.